The maximum absolute atomic E-state index is 4.34. The van der Waals surface area contributed by atoms with Crippen molar-refractivity contribution in [3.8, 4) is 0 Å². The van der Waals surface area contributed by atoms with Crippen LogP contribution in [0.2, 0.25) is 0 Å². The van der Waals surface area contributed by atoms with Gasteiger partial charge < -0.3 is 4.57 Å². The van der Waals surface area contributed by atoms with E-state index < -0.39 is 0 Å². The van der Waals surface area contributed by atoms with Gasteiger partial charge >= 0.3 is 0 Å². The number of aryl methyl sites for hydroxylation is 1. The molecule has 19 heavy (non-hydrogen) atoms. The van der Waals surface area contributed by atoms with Crippen LogP contribution in [0.4, 0.5) is 11.4 Å². The molecule has 0 unspecified atom stereocenters. The van der Waals surface area contributed by atoms with Crippen molar-refractivity contribution in [2.24, 2.45) is 17.3 Å². The van der Waals surface area contributed by atoms with Crippen molar-refractivity contribution >= 4 is 38.2 Å². The number of hydrogen-bond acceptors (Lipinski definition) is 2. The standard InChI is InChI=1S/C15H12BrN3/c1-19-10-14(13-4-2-3-5-15(13)19)18-17-12-8-6-11(16)7-9-12/h2-10H,1H3/b18-17+. The number of azo groups is 1. The molecule has 0 saturated heterocycles. The zero-order valence-corrected chi connectivity index (χ0v) is 12.0. The van der Waals surface area contributed by atoms with Crippen LogP contribution in [0.5, 0.6) is 0 Å². The molecule has 0 N–H and O–H groups in total. The van der Waals surface area contributed by atoms with Gasteiger partial charge in [0.1, 0.15) is 5.69 Å². The highest BCUT2D eigenvalue weighted by atomic mass is 79.9. The number of halogens is 1. The fourth-order valence-corrected chi connectivity index (χ4v) is 2.28. The summed E-state index contributed by atoms with van der Waals surface area (Å²) in [6.45, 7) is 0. The number of fused-ring (bicyclic) bond motifs is 1. The van der Waals surface area contributed by atoms with E-state index in [1.54, 1.807) is 0 Å². The maximum atomic E-state index is 4.34. The lowest BCUT2D eigenvalue weighted by Crippen LogP contribution is -1.81. The highest BCUT2D eigenvalue weighted by molar-refractivity contribution is 9.10. The van der Waals surface area contributed by atoms with Crippen molar-refractivity contribution in [3.05, 3.63) is 59.2 Å². The number of aromatic nitrogens is 1. The van der Waals surface area contributed by atoms with E-state index >= 15 is 0 Å². The van der Waals surface area contributed by atoms with E-state index in [1.165, 1.54) is 0 Å². The Hall–Kier alpha value is -1.94. The predicted molar refractivity (Wildman–Crippen MR) is 81.2 cm³/mol. The zero-order chi connectivity index (χ0) is 13.2. The molecule has 0 atom stereocenters. The Morgan fingerprint density at radius 3 is 2.47 bits per heavy atom. The Kier molecular flexibility index (Phi) is 3.17. The summed E-state index contributed by atoms with van der Waals surface area (Å²) < 4.78 is 3.10. The van der Waals surface area contributed by atoms with Crippen molar-refractivity contribution in [1.82, 2.24) is 4.57 Å². The summed E-state index contributed by atoms with van der Waals surface area (Å²) >= 11 is 3.40. The molecule has 3 aromatic rings. The minimum absolute atomic E-state index is 0.844. The van der Waals surface area contributed by atoms with E-state index in [0.717, 1.165) is 26.8 Å². The molecule has 4 heteroatoms. The second-order valence-corrected chi connectivity index (χ2v) is 5.23. The maximum Gasteiger partial charge on any atom is 0.111 e. The third kappa shape index (κ3) is 2.44. The van der Waals surface area contributed by atoms with Gasteiger partial charge in [0.05, 0.1) is 11.2 Å². The minimum atomic E-state index is 0.844. The van der Waals surface area contributed by atoms with Gasteiger partial charge in [0.2, 0.25) is 0 Å². The van der Waals surface area contributed by atoms with E-state index in [9.17, 15) is 0 Å². The highest BCUT2D eigenvalue weighted by Crippen LogP contribution is 2.29. The molecular weight excluding hydrogens is 302 g/mol. The van der Waals surface area contributed by atoms with Crippen LogP contribution in [0.25, 0.3) is 10.9 Å². The predicted octanol–water partition coefficient (Wildman–Crippen LogP) is 5.36. The van der Waals surface area contributed by atoms with Crippen LogP contribution >= 0.6 is 15.9 Å². The lowest BCUT2D eigenvalue weighted by Gasteiger charge is -1.93. The van der Waals surface area contributed by atoms with Crippen LogP contribution in [-0.4, -0.2) is 4.57 Å². The molecule has 3 nitrogen and oxygen atoms in total. The van der Waals surface area contributed by atoms with E-state index in [2.05, 4.69) is 42.9 Å². The summed E-state index contributed by atoms with van der Waals surface area (Å²) in [6.07, 6.45) is 1.99. The van der Waals surface area contributed by atoms with Gasteiger partial charge in [-0.25, -0.2) is 0 Å². The summed E-state index contributed by atoms with van der Waals surface area (Å²) in [5.74, 6) is 0. The third-order valence-electron chi connectivity index (χ3n) is 2.98. The van der Waals surface area contributed by atoms with Crippen molar-refractivity contribution in [1.29, 1.82) is 0 Å². The van der Waals surface area contributed by atoms with Crippen LogP contribution in [0.3, 0.4) is 0 Å². The Morgan fingerprint density at radius 2 is 1.68 bits per heavy atom. The minimum Gasteiger partial charge on any atom is -0.348 e. The molecule has 0 bridgehead atoms. The topological polar surface area (TPSA) is 29.6 Å². The molecule has 1 heterocycles. The summed E-state index contributed by atoms with van der Waals surface area (Å²) in [5, 5.41) is 9.73. The van der Waals surface area contributed by atoms with Crippen molar-refractivity contribution < 1.29 is 0 Å². The molecule has 0 radical (unpaired) electrons. The SMILES string of the molecule is Cn1cc(/N=N/c2ccc(Br)cc2)c2ccccc21. The Labute approximate surface area is 119 Å². The second-order valence-electron chi connectivity index (χ2n) is 4.32. The first-order valence-electron chi connectivity index (χ1n) is 5.95. The van der Waals surface area contributed by atoms with Gasteiger partial charge in [0.25, 0.3) is 0 Å². The molecule has 0 saturated carbocycles. The van der Waals surface area contributed by atoms with Gasteiger partial charge in [0.15, 0.2) is 0 Å². The summed E-state index contributed by atoms with van der Waals surface area (Å²) in [6, 6.07) is 15.9. The molecule has 0 aliphatic rings. The monoisotopic (exact) mass is 313 g/mol. The van der Waals surface area contributed by atoms with Crippen molar-refractivity contribution in [2.75, 3.05) is 0 Å². The van der Waals surface area contributed by atoms with Crippen molar-refractivity contribution in [3.63, 3.8) is 0 Å². The van der Waals surface area contributed by atoms with E-state index in [-0.39, 0.29) is 0 Å². The molecule has 0 aliphatic heterocycles. The smallest absolute Gasteiger partial charge is 0.111 e. The highest BCUT2D eigenvalue weighted by Gasteiger charge is 2.04. The van der Waals surface area contributed by atoms with Crippen LogP contribution in [-0.2, 0) is 7.05 Å². The first-order valence-corrected chi connectivity index (χ1v) is 6.75. The molecule has 0 aliphatic carbocycles. The van der Waals surface area contributed by atoms with Gasteiger partial charge in [-0.1, -0.05) is 34.1 Å². The molecule has 0 amide bonds. The summed E-state index contributed by atoms with van der Waals surface area (Å²) in [4.78, 5) is 0. The quantitative estimate of drug-likeness (QED) is 0.570. The average molecular weight is 314 g/mol. The number of hydrogen-bond donors (Lipinski definition) is 0. The van der Waals surface area contributed by atoms with E-state index in [4.69, 9.17) is 0 Å². The largest absolute Gasteiger partial charge is 0.348 e. The van der Waals surface area contributed by atoms with E-state index in [1.807, 2.05) is 49.6 Å². The number of benzene rings is 2. The molecular formula is C15H12BrN3. The molecule has 0 spiro atoms. The lowest BCUT2D eigenvalue weighted by atomic mass is 10.2. The van der Waals surface area contributed by atoms with Crippen LogP contribution in [0, 0.1) is 0 Å². The van der Waals surface area contributed by atoms with Crippen LogP contribution < -0.4 is 0 Å². The molecule has 0 fully saturated rings. The van der Waals surface area contributed by atoms with Gasteiger partial charge in [-0.05, 0) is 30.3 Å². The second kappa shape index (κ2) is 4.97. The number of para-hydroxylation sites is 1. The van der Waals surface area contributed by atoms with Crippen LogP contribution in [0.1, 0.15) is 0 Å². The van der Waals surface area contributed by atoms with Gasteiger partial charge in [-0.3, -0.25) is 0 Å². The van der Waals surface area contributed by atoms with E-state index in [0.29, 0.717) is 0 Å². The van der Waals surface area contributed by atoms with Crippen LogP contribution in [0.15, 0.2) is 69.4 Å². The van der Waals surface area contributed by atoms with Crippen molar-refractivity contribution in [2.45, 2.75) is 0 Å². The molecule has 3 rings (SSSR count). The fourth-order valence-electron chi connectivity index (χ4n) is 2.02. The first-order chi connectivity index (χ1) is 9.24. The number of nitrogens with zero attached hydrogens (tertiary/aromatic N) is 3. The normalized spacial score (nSPS) is 11.5. The fraction of sp³-hybridized carbons (Fsp3) is 0.0667. The molecule has 2 aromatic carbocycles. The Balaban J connectivity index is 1.99. The first kappa shape index (κ1) is 12.1. The Bertz CT molecular complexity index is 742. The Morgan fingerprint density at radius 1 is 0.947 bits per heavy atom. The third-order valence-corrected chi connectivity index (χ3v) is 3.50. The zero-order valence-electron chi connectivity index (χ0n) is 10.4. The summed E-state index contributed by atoms with van der Waals surface area (Å²) in [5.41, 5.74) is 2.89. The molecule has 1 aromatic heterocycles. The molecule has 94 valence electrons. The average Bonchev–Trinajstić information content (AvgIpc) is 2.76. The lowest BCUT2D eigenvalue weighted by molar-refractivity contribution is 0.967. The summed E-state index contributed by atoms with van der Waals surface area (Å²) in [7, 11) is 2.01. The van der Waals surface area contributed by atoms with Gasteiger partial charge in [-0.15, -0.1) is 5.11 Å². The van der Waals surface area contributed by atoms with Gasteiger partial charge in [0, 0.05) is 23.1 Å². The number of rotatable bonds is 2. The van der Waals surface area contributed by atoms with Gasteiger partial charge in [-0.2, -0.15) is 5.11 Å².